The molecule has 27 heavy (non-hydrogen) atoms. The molecule has 0 aliphatic carbocycles. The van der Waals surface area contributed by atoms with Gasteiger partial charge in [0.05, 0.1) is 25.4 Å². The topological polar surface area (TPSA) is 20.6 Å². The van der Waals surface area contributed by atoms with Crippen molar-refractivity contribution in [1.82, 2.24) is 4.57 Å². The molecule has 0 N–H and O–H groups in total. The molecular weight excluding hydrogens is 341 g/mol. The van der Waals surface area contributed by atoms with Gasteiger partial charge in [0.1, 0.15) is 5.82 Å². The molecule has 1 fully saturated rings. The van der Waals surface area contributed by atoms with Gasteiger partial charge in [-0.3, -0.25) is 0 Å². The standard InChI is InChI=1S/C22H24FN3O/c1-24-20-5-3-2-4-17(20)18-8-9-26(15-22(18)24)16-6-7-21(19(23)14-16)25-10-12-27-13-11-25/h2-7,14H,8-13,15H2,1H3. The Morgan fingerprint density at radius 1 is 0.963 bits per heavy atom. The lowest BCUT2D eigenvalue weighted by Crippen LogP contribution is -2.37. The highest BCUT2D eigenvalue weighted by Gasteiger charge is 2.24. The first-order valence-electron chi connectivity index (χ1n) is 9.65. The molecule has 0 saturated carbocycles. The number of hydrogen-bond acceptors (Lipinski definition) is 3. The molecule has 2 aliphatic heterocycles. The summed E-state index contributed by atoms with van der Waals surface area (Å²) in [6, 6.07) is 14.3. The van der Waals surface area contributed by atoms with Gasteiger partial charge in [0.15, 0.2) is 0 Å². The van der Waals surface area contributed by atoms with E-state index in [4.69, 9.17) is 4.74 Å². The van der Waals surface area contributed by atoms with Crippen molar-refractivity contribution in [3.05, 3.63) is 59.5 Å². The lowest BCUT2D eigenvalue weighted by atomic mass is 10.0. The Labute approximate surface area is 158 Å². The Hall–Kier alpha value is -2.53. The quantitative estimate of drug-likeness (QED) is 0.691. The maximum Gasteiger partial charge on any atom is 0.148 e. The Kier molecular flexibility index (Phi) is 4.05. The number of rotatable bonds is 2. The molecule has 0 radical (unpaired) electrons. The molecule has 5 rings (SSSR count). The molecule has 0 amide bonds. The van der Waals surface area contributed by atoms with Gasteiger partial charge < -0.3 is 19.1 Å². The molecule has 3 aromatic rings. The fraction of sp³-hybridized carbons (Fsp3) is 0.364. The average Bonchev–Trinajstić information content (AvgIpc) is 3.01. The number of ether oxygens (including phenoxy) is 1. The maximum atomic E-state index is 14.8. The summed E-state index contributed by atoms with van der Waals surface area (Å²) in [5.74, 6) is -0.141. The van der Waals surface area contributed by atoms with Crippen molar-refractivity contribution < 1.29 is 9.13 Å². The van der Waals surface area contributed by atoms with Gasteiger partial charge in [-0.05, 0) is 36.2 Å². The van der Waals surface area contributed by atoms with Crippen LogP contribution in [0.5, 0.6) is 0 Å². The van der Waals surface area contributed by atoms with Gasteiger partial charge in [0.2, 0.25) is 0 Å². The van der Waals surface area contributed by atoms with E-state index in [-0.39, 0.29) is 5.82 Å². The van der Waals surface area contributed by atoms with E-state index in [1.54, 1.807) is 6.07 Å². The zero-order valence-electron chi connectivity index (χ0n) is 15.6. The van der Waals surface area contributed by atoms with Crippen LogP contribution in [0.25, 0.3) is 10.9 Å². The molecule has 0 bridgehead atoms. The zero-order chi connectivity index (χ0) is 18.4. The van der Waals surface area contributed by atoms with Crippen LogP contribution in [0, 0.1) is 5.82 Å². The summed E-state index contributed by atoms with van der Waals surface area (Å²) in [5.41, 5.74) is 5.69. The summed E-state index contributed by atoms with van der Waals surface area (Å²) < 4.78 is 22.5. The number of anilines is 2. The van der Waals surface area contributed by atoms with Gasteiger partial charge in [-0.2, -0.15) is 0 Å². The summed E-state index contributed by atoms with van der Waals surface area (Å²) in [4.78, 5) is 4.36. The molecule has 140 valence electrons. The van der Waals surface area contributed by atoms with E-state index in [2.05, 4.69) is 51.7 Å². The van der Waals surface area contributed by atoms with Crippen LogP contribution in [-0.2, 0) is 24.8 Å². The van der Waals surface area contributed by atoms with Gasteiger partial charge in [-0.25, -0.2) is 4.39 Å². The Morgan fingerprint density at radius 3 is 2.59 bits per heavy atom. The summed E-state index contributed by atoms with van der Waals surface area (Å²) in [7, 11) is 2.13. The number of hydrogen-bond donors (Lipinski definition) is 0. The molecule has 1 aromatic heterocycles. The van der Waals surface area contributed by atoms with Crippen molar-refractivity contribution in [2.75, 3.05) is 42.6 Å². The molecule has 1 saturated heterocycles. The number of para-hydroxylation sites is 1. The molecule has 0 spiro atoms. The summed E-state index contributed by atoms with van der Waals surface area (Å²) >= 11 is 0. The number of nitrogens with zero attached hydrogens (tertiary/aromatic N) is 3. The van der Waals surface area contributed by atoms with E-state index in [0.717, 1.165) is 38.3 Å². The molecule has 0 unspecified atom stereocenters. The van der Waals surface area contributed by atoms with E-state index in [9.17, 15) is 4.39 Å². The second kappa shape index (κ2) is 6.57. The Bertz CT molecular complexity index is 991. The number of morpholine rings is 1. The molecular formula is C22H24FN3O. The first-order chi connectivity index (χ1) is 13.2. The molecule has 4 nitrogen and oxygen atoms in total. The fourth-order valence-electron chi connectivity index (χ4n) is 4.49. The van der Waals surface area contributed by atoms with Gasteiger partial charge in [-0.15, -0.1) is 0 Å². The number of fused-ring (bicyclic) bond motifs is 3. The summed E-state index contributed by atoms with van der Waals surface area (Å²) in [5, 5.41) is 1.35. The lowest BCUT2D eigenvalue weighted by Gasteiger charge is -2.32. The van der Waals surface area contributed by atoms with E-state index in [1.165, 1.54) is 22.2 Å². The van der Waals surface area contributed by atoms with Crippen molar-refractivity contribution in [3.8, 4) is 0 Å². The van der Waals surface area contributed by atoms with Crippen LogP contribution < -0.4 is 9.80 Å². The monoisotopic (exact) mass is 365 g/mol. The van der Waals surface area contributed by atoms with E-state index in [1.807, 2.05) is 6.07 Å². The second-order valence-electron chi connectivity index (χ2n) is 7.41. The van der Waals surface area contributed by atoms with Crippen LogP contribution >= 0.6 is 0 Å². The first-order valence-corrected chi connectivity index (χ1v) is 9.65. The molecule has 0 atom stereocenters. The third-order valence-electron chi connectivity index (χ3n) is 5.96. The third-order valence-corrected chi connectivity index (χ3v) is 5.96. The van der Waals surface area contributed by atoms with E-state index < -0.39 is 0 Å². The normalized spacial score (nSPS) is 17.4. The van der Waals surface area contributed by atoms with Crippen LogP contribution in [0.4, 0.5) is 15.8 Å². The lowest BCUT2D eigenvalue weighted by molar-refractivity contribution is 0.122. The van der Waals surface area contributed by atoms with Gasteiger partial charge in [-0.1, -0.05) is 18.2 Å². The number of aromatic nitrogens is 1. The SMILES string of the molecule is Cn1c2c(c3ccccc31)CCN(c1ccc(N3CCOCC3)c(F)c1)C2. The first kappa shape index (κ1) is 16.6. The Balaban J connectivity index is 1.44. The minimum atomic E-state index is -0.141. The zero-order valence-corrected chi connectivity index (χ0v) is 15.6. The van der Waals surface area contributed by atoms with Crippen molar-refractivity contribution in [2.24, 2.45) is 7.05 Å². The summed E-state index contributed by atoms with van der Waals surface area (Å²) in [6.07, 6.45) is 0.990. The van der Waals surface area contributed by atoms with Crippen LogP contribution in [0.15, 0.2) is 42.5 Å². The predicted octanol–water partition coefficient (Wildman–Crippen LogP) is 3.72. The van der Waals surface area contributed by atoms with Gasteiger partial charge >= 0.3 is 0 Å². The van der Waals surface area contributed by atoms with Crippen molar-refractivity contribution >= 4 is 22.3 Å². The maximum absolute atomic E-state index is 14.8. The highest BCUT2D eigenvalue weighted by molar-refractivity contribution is 5.86. The number of aryl methyl sites for hydroxylation is 1. The van der Waals surface area contributed by atoms with Crippen molar-refractivity contribution in [3.63, 3.8) is 0 Å². The minimum Gasteiger partial charge on any atom is -0.378 e. The highest BCUT2D eigenvalue weighted by atomic mass is 19.1. The average molecular weight is 365 g/mol. The molecule has 2 aliphatic rings. The van der Waals surface area contributed by atoms with E-state index in [0.29, 0.717) is 18.9 Å². The summed E-state index contributed by atoms with van der Waals surface area (Å²) in [6.45, 7) is 4.56. The fourth-order valence-corrected chi connectivity index (χ4v) is 4.49. The second-order valence-corrected chi connectivity index (χ2v) is 7.41. The predicted molar refractivity (Wildman–Crippen MR) is 107 cm³/mol. The smallest absolute Gasteiger partial charge is 0.148 e. The van der Waals surface area contributed by atoms with Gasteiger partial charge in [0, 0.05) is 49.0 Å². The highest BCUT2D eigenvalue weighted by Crippen LogP contribution is 2.33. The van der Waals surface area contributed by atoms with Crippen LogP contribution in [0.3, 0.4) is 0 Å². The molecule has 5 heteroatoms. The van der Waals surface area contributed by atoms with Crippen LogP contribution in [0.1, 0.15) is 11.3 Å². The number of benzene rings is 2. The van der Waals surface area contributed by atoms with Crippen molar-refractivity contribution in [2.45, 2.75) is 13.0 Å². The number of halogens is 1. The van der Waals surface area contributed by atoms with Gasteiger partial charge in [0.25, 0.3) is 0 Å². The van der Waals surface area contributed by atoms with Crippen LogP contribution in [-0.4, -0.2) is 37.4 Å². The third kappa shape index (κ3) is 2.77. The van der Waals surface area contributed by atoms with Crippen LogP contribution in [0.2, 0.25) is 0 Å². The molecule has 3 heterocycles. The minimum absolute atomic E-state index is 0.141. The van der Waals surface area contributed by atoms with Crippen molar-refractivity contribution in [1.29, 1.82) is 0 Å². The molecule has 2 aromatic carbocycles. The Morgan fingerprint density at radius 2 is 1.78 bits per heavy atom. The van der Waals surface area contributed by atoms with E-state index >= 15 is 0 Å². The largest absolute Gasteiger partial charge is 0.378 e.